The van der Waals surface area contributed by atoms with Gasteiger partial charge in [0.2, 0.25) is 0 Å². The molecule has 1 atom stereocenters. The first-order chi connectivity index (χ1) is 8.65. The molecule has 0 saturated carbocycles. The second-order valence-electron chi connectivity index (χ2n) is 4.35. The fourth-order valence-corrected chi connectivity index (χ4v) is 2.06. The second-order valence-corrected chi connectivity index (χ2v) is 4.35. The van der Waals surface area contributed by atoms with Gasteiger partial charge in [-0.2, -0.15) is 0 Å². The van der Waals surface area contributed by atoms with E-state index in [4.69, 9.17) is 9.84 Å². The molecule has 0 amide bonds. The number of carbonyl (C=O) groups is 1. The van der Waals surface area contributed by atoms with Gasteiger partial charge < -0.3 is 14.7 Å². The van der Waals surface area contributed by atoms with Crippen molar-refractivity contribution in [3.63, 3.8) is 0 Å². The molecule has 5 heteroatoms. The predicted octanol–water partition coefficient (Wildman–Crippen LogP) is 1.90. The third-order valence-corrected chi connectivity index (χ3v) is 3.01. The molecule has 1 aliphatic heterocycles. The minimum atomic E-state index is -0.808. The average Bonchev–Trinajstić information content (AvgIpc) is 2.37. The van der Waals surface area contributed by atoms with Crippen molar-refractivity contribution in [3.05, 3.63) is 30.1 Å². The Hall–Kier alpha value is -1.62. The fourth-order valence-electron chi connectivity index (χ4n) is 2.06. The summed E-state index contributed by atoms with van der Waals surface area (Å²) in [5.74, 6) is -1.06. The number of morpholine rings is 1. The molecule has 1 unspecified atom stereocenters. The lowest BCUT2D eigenvalue weighted by atomic mass is 10.1. The van der Waals surface area contributed by atoms with Gasteiger partial charge in [0, 0.05) is 25.2 Å². The van der Waals surface area contributed by atoms with Gasteiger partial charge in [-0.15, -0.1) is 0 Å². The Morgan fingerprint density at radius 2 is 2.17 bits per heavy atom. The monoisotopic (exact) mass is 253 g/mol. The van der Waals surface area contributed by atoms with Crippen LogP contribution in [0.3, 0.4) is 0 Å². The SMILES string of the molecule is O=C(O)CCC1CN(c2ccc(F)cc2)CCO1. The molecule has 0 aromatic heterocycles. The summed E-state index contributed by atoms with van der Waals surface area (Å²) in [6, 6.07) is 6.32. The Morgan fingerprint density at radius 1 is 1.44 bits per heavy atom. The maximum Gasteiger partial charge on any atom is 0.303 e. The molecule has 1 fully saturated rings. The van der Waals surface area contributed by atoms with Crippen molar-refractivity contribution in [2.45, 2.75) is 18.9 Å². The minimum absolute atomic E-state index is 0.0695. The number of aliphatic carboxylic acids is 1. The number of ether oxygens (including phenoxy) is 1. The molecule has 1 aromatic rings. The molecule has 1 heterocycles. The maximum absolute atomic E-state index is 12.8. The van der Waals surface area contributed by atoms with Crippen molar-refractivity contribution < 1.29 is 19.0 Å². The van der Waals surface area contributed by atoms with Crippen LogP contribution in [-0.2, 0) is 9.53 Å². The Bertz CT molecular complexity index is 407. The van der Waals surface area contributed by atoms with Crippen LogP contribution in [0.4, 0.5) is 10.1 Å². The zero-order valence-corrected chi connectivity index (χ0v) is 10.0. The summed E-state index contributed by atoms with van der Waals surface area (Å²) in [5.41, 5.74) is 0.944. The zero-order valence-electron chi connectivity index (χ0n) is 10.0. The lowest BCUT2D eigenvalue weighted by Gasteiger charge is -2.34. The Kier molecular flexibility index (Phi) is 4.15. The Balaban J connectivity index is 1.93. The molecule has 18 heavy (non-hydrogen) atoms. The number of nitrogens with zero attached hydrogens (tertiary/aromatic N) is 1. The van der Waals surface area contributed by atoms with E-state index >= 15 is 0 Å². The molecule has 0 radical (unpaired) electrons. The van der Waals surface area contributed by atoms with Crippen molar-refractivity contribution in [2.24, 2.45) is 0 Å². The molecule has 1 aromatic carbocycles. The molecule has 1 aliphatic rings. The van der Waals surface area contributed by atoms with Crippen molar-refractivity contribution in [3.8, 4) is 0 Å². The number of rotatable bonds is 4. The van der Waals surface area contributed by atoms with Crippen molar-refractivity contribution in [1.29, 1.82) is 0 Å². The summed E-state index contributed by atoms with van der Waals surface area (Å²) >= 11 is 0. The normalized spacial score (nSPS) is 19.8. The van der Waals surface area contributed by atoms with Crippen LogP contribution in [0.15, 0.2) is 24.3 Å². The number of carboxylic acid groups (broad SMARTS) is 1. The van der Waals surface area contributed by atoms with Gasteiger partial charge in [-0.25, -0.2) is 4.39 Å². The zero-order chi connectivity index (χ0) is 13.0. The summed E-state index contributed by atoms with van der Waals surface area (Å²) in [6.45, 7) is 1.97. The molecular weight excluding hydrogens is 237 g/mol. The number of carboxylic acids is 1. The largest absolute Gasteiger partial charge is 0.481 e. The number of anilines is 1. The van der Waals surface area contributed by atoms with Crippen molar-refractivity contribution in [1.82, 2.24) is 0 Å². The molecule has 0 spiro atoms. The number of hydrogen-bond donors (Lipinski definition) is 1. The molecule has 2 rings (SSSR count). The van der Waals surface area contributed by atoms with Crippen LogP contribution in [0.2, 0.25) is 0 Å². The summed E-state index contributed by atoms with van der Waals surface area (Å²) in [5, 5.41) is 8.65. The van der Waals surface area contributed by atoms with E-state index in [1.54, 1.807) is 12.1 Å². The summed E-state index contributed by atoms with van der Waals surface area (Å²) in [6.07, 6.45) is 0.550. The van der Waals surface area contributed by atoms with Gasteiger partial charge in [0.1, 0.15) is 5.82 Å². The van der Waals surface area contributed by atoms with Crippen LogP contribution < -0.4 is 4.90 Å². The third-order valence-electron chi connectivity index (χ3n) is 3.01. The van der Waals surface area contributed by atoms with E-state index in [-0.39, 0.29) is 18.3 Å². The highest BCUT2D eigenvalue weighted by Gasteiger charge is 2.21. The van der Waals surface area contributed by atoms with Crippen molar-refractivity contribution in [2.75, 3.05) is 24.6 Å². The van der Waals surface area contributed by atoms with Crippen LogP contribution >= 0.6 is 0 Å². The van der Waals surface area contributed by atoms with Crippen LogP contribution in [-0.4, -0.2) is 36.9 Å². The van der Waals surface area contributed by atoms with Gasteiger partial charge in [-0.3, -0.25) is 4.79 Å². The van der Waals surface area contributed by atoms with E-state index in [0.717, 1.165) is 12.2 Å². The lowest BCUT2D eigenvalue weighted by molar-refractivity contribution is -0.137. The van der Waals surface area contributed by atoms with E-state index in [2.05, 4.69) is 4.90 Å². The van der Waals surface area contributed by atoms with Gasteiger partial charge in [0.15, 0.2) is 0 Å². The first kappa shape index (κ1) is 12.8. The Labute approximate surface area is 105 Å². The third kappa shape index (κ3) is 3.43. The van der Waals surface area contributed by atoms with Gasteiger partial charge in [0.05, 0.1) is 12.7 Å². The van der Waals surface area contributed by atoms with Crippen molar-refractivity contribution >= 4 is 11.7 Å². The molecule has 1 saturated heterocycles. The Morgan fingerprint density at radius 3 is 2.83 bits per heavy atom. The highest BCUT2D eigenvalue weighted by molar-refractivity contribution is 5.66. The standard InChI is InChI=1S/C13H16FNO3/c14-10-1-3-11(4-2-10)15-7-8-18-12(9-15)5-6-13(16)17/h1-4,12H,5-9H2,(H,16,17). The van der Waals surface area contributed by atoms with Gasteiger partial charge in [0.25, 0.3) is 0 Å². The molecule has 0 aliphatic carbocycles. The van der Waals surface area contributed by atoms with Crippen LogP contribution in [0.5, 0.6) is 0 Å². The van der Waals surface area contributed by atoms with Crippen LogP contribution in [0.25, 0.3) is 0 Å². The quantitative estimate of drug-likeness (QED) is 0.890. The van der Waals surface area contributed by atoms with E-state index in [1.165, 1.54) is 12.1 Å². The lowest BCUT2D eigenvalue weighted by Crippen LogP contribution is -2.42. The predicted molar refractivity (Wildman–Crippen MR) is 65.2 cm³/mol. The van der Waals surface area contributed by atoms with Gasteiger partial charge >= 0.3 is 5.97 Å². The topological polar surface area (TPSA) is 49.8 Å². The van der Waals surface area contributed by atoms with E-state index in [9.17, 15) is 9.18 Å². The smallest absolute Gasteiger partial charge is 0.303 e. The van der Waals surface area contributed by atoms with E-state index in [1.807, 2.05) is 0 Å². The highest BCUT2D eigenvalue weighted by atomic mass is 19.1. The molecule has 98 valence electrons. The average molecular weight is 253 g/mol. The first-order valence-electron chi connectivity index (χ1n) is 5.99. The summed E-state index contributed by atoms with van der Waals surface area (Å²) < 4.78 is 18.4. The molecular formula is C13H16FNO3. The number of hydrogen-bond acceptors (Lipinski definition) is 3. The summed E-state index contributed by atoms with van der Waals surface area (Å²) in [7, 11) is 0. The van der Waals surface area contributed by atoms with Crippen LogP contribution in [0.1, 0.15) is 12.8 Å². The molecule has 0 bridgehead atoms. The fraction of sp³-hybridized carbons (Fsp3) is 0.462. The van der Waals surface area contributed by atoms with Crippen LogP contribution in [0, 0.1) is 5.82 Å². The maximum atomic E-state index is 12.8. The number of halogens is 1. The minimum Gasteiger partial charge on any atom is -0.481 e. The molecule has 1 N–H and O–H groups in total. The highest BCUT2D eigenvalue weighted by Crippen LogP contribution is 2.19. The van der Waals surface area contributed by atoms with E-state index < -0.39 is 5.97 Å². The second kappa shape index (κ2) is 5.82. The van der Waals surface area contributed by atoms with E-state index in [0.29, 0.717) is 19.6 Å². The first-order valence-corrected chi connectivity index (χ1v) is 5.99. The molecule has 4 nitrogen and oxygen atoms in total. The number of benzene rings is 1. The summed E-state index contributed by atoms with van der Waals surface area (Å²) in [4.78, 5) is 12.6. The van der Waals surface area contributed by atoms with Gasteiger partial charge in [-0.05, 0) is 30.7 Å². The van der Waals surface area contributed by atoms with Gasteiger partial charge in [-0.1, -0.05) is 0 Å².